The predicted molar refractivity (Wildman–Crippen MR) is 69.2 cm³/mol. The van der Waals surface area contributed by atoms with E-state index in [-0.39, 0.29) is 5.41 Å². The van der Waals surface area contributed by atoms with E-state index in [1.165, 1.54) is 0 Å². The molecule has 0 amide bonds. The highest BCUT2D eigenvalue weighted by Gasteiger charge is 2.16. The van der Waals surface area contributed by atoms with Gasteiger partial charge in [0.25, 0.3) is 0 Å². The van der Waals surface area contributed by atoms with Crippen LogP contribution in [-0.2, 0) is 9.53 Å². The minimum absolute atomic E-state index is 0.270. The molecule has 0 fully saturated rings. The van der Waals surface area contributed by atoms with E-state index in [1.807, 2.05) is 6.92 Å². The molecular weight excluding hydrogens is 218 g/mol. The molecule has 0 aliphatic heterocycles. The molecule has 0 rings (SSSR count). The van der Waals surface area contributed by atoms with E-state index < -0.39 is 12.0 Å². The van der Waals surface area contributed by atoms with Crippen molar-refractivity contribution in [1.29, 1.82) is 0 Å². The summed E-state index contributed by atoms with van der Waals surface area (Å²) >= 11 is 0. The fourth-order valence-electron chi connectivity index (χ4n) is 1.31. The Balaban J connectivity index is 3.65. The maximum absolute atomic E-state index is 10.9. The molecule has 2 N–H and O–H groups in total. The normalized spacial score (nSPS) is 13.6. The number of carbonyl (C=O) groups is 1. The van der Waals surface area contributed by atoms with Gasteiger partial charge in [0.15, 0.2) is 0 Å². The Morgan fingerprint density at radius 3 is 2.47 bits per heavy atom. The van der Waals surface area contributed by atoms with Crippen LogP contribution in [-0.4, -0.2) is 36.9 Å². The van der Waals surface area contributed by atoms with E-state index in [2.05, 4.69) is 26.1 Å². The lowest BCUT2D eigenvalue weighted by Crippen LogP contribution is -2.38. The molecule has 0 aromatic carbocycles. The van der Waals surface area contributed by atoms with Crippen LogP contribution < -0.4 is 5.32 Å². The Labute approximate surface area is 105 Å². The molecule has 0 spiro atoms. The van der Waals surface area contributed by atoms with Gasteiger partial charge in [-0.15, -0.1) is 0 Å². The highest BCUT2D eigenvalue weighted by Crippen LogP contribution is 2.17. The molecule has 1 unspecified atom stereocenters. The first-order valence-corrected chi connectivity index (χ1v) is 6.40. The van der Waals surface area contributed by atoms with Crippen LogP contribution in [0, 0.1) is 5.41 Å². The number of hydrogen-bond donors (Lipinski definition) is 2. The number of nitrogens with one attached hydrogen (secondary N) is 1. The van der Waals surface area contributed by atoms with Crippen molar-refractivity contribution in [1.82, 2.24) is 5.32 Å². The average molecular weight is 245 g/mol. The number of hydrogen-bond acceptors (Lipinski definition) is 3. The SMILES string of the molecule is CCCNC(CCOCCC(C)(C)C)C(=O)O. The van der Waals surface area contributed by atoms with Gasteiger partial charge in [-0.3, -0.25) is 4.79 Å². The summed E-state index contributed by atoms with van der Waals surface area (Å²) in [4.78, 5) is 10.9. The summed E-state index contributed by atoms with van der Waals surface area (Å²) in [5.74, 6) is -0.794. The zero-order valence-corrected chi connectivity index (χ0v) is 11.6. The van der Waals surface area contributed by atoms with E-state index in [4.69, 9.17) is 9.84 Å². The predicted octanol–water partition coefficient (Wildman–Crippen LogP) is 2.28. The molecule has 0 aliphatic carbocycles. The van der Waals surface area contributed by atoms with Crippen LogP contribution in [0.5, 0.6) is 0 Å². The molecular formula is C13H27NO3. The number of ether oxygens (including phenoxy) is 1. The van der Waals surface area contributed by atoms with Gasteiger partial charge in [-0.2, -0.15) is 0 Å². The van der Waals surface area contributed by atoms with Crippen LogP contribution >= 0.6 is 0 Å². The molecule has 0 aliphatic rings. The number of carboxylic acid groups (broad SMARTS) is 1. The van der Waals surface area contributed by atoms with Gasteiger partial charge >= 0.3 is 5.97 Å². The summed E-state index contributed by atoms with van der Waals surface area (Å²) in [6.07, 6.45) is 2.46. The quantitative estimate of drug-likeness (QED) is 0.612. The summed E-state index contributed by atoms with van der Waals surface area (Å²) in [6, 6.07) is -0.482. The number of carboxylic acids is 1. The average Bonchev–Trinajstić information content (AvgIpc) is 2.20. The Morgan fingerprint density at radius 1 is 1.35 bits per heavy atom. The molecule has 17 heavy (non-hydrogen) atoms. The molecule has 0 heterocycles. The third-order valence-corrected chi connectivity index (χ3v) is 2.49. The number of aliphatic carboxylic acids is 1. The maximum Gasteiger partial charge on any atom is 0.320 e. The van der Waals surface area contributed by atoms with Gasteiger partial charge in [0.2, 0.25) is 0 Å². The van der Waals surface area contributed by atoms with E-state index in [0.717, 1.165) is 19.4 Å². The Kier molecular flexibility index (Phi) is 8.17. The molecule has 4 nitrogen and oxygen atoms in total. The fraction of sp³-hybridized carbons (Fsp3) is 0.923. The van der Waals surface area contributed by atoms with Gasteiger partial charge in [0.05, 0.1) is 0 Å². The van der Waals surface area contributed by atoms with Crippen LogP contribution in [0.3, 0.4) is 0 Å². The first-order valence-electron chi connectivity index (χ1n) is 6.40. The minimum Gasteiger partial charge on any atom is -0.480 e. The van der Waals surface area contributed by atoms with Gasteiger partial charge in [0, 0.05) is 13.2 Å². The van der Waals surface area contributed by atoms with Crippen LogP contribution in [0.2, 0.25) is 0 Å². The van der Waals surface area contributed by atoms with E-state index in [0.29, 0.717) is 19.6 Å². The molecule has 0 aromatic heterocycles. The maximum atomic E-state index is 10.9. The Hall–Kier alpha value is -0.610. The molecule has 102 valence electrons. The third kappa shape index (κ3) is 10.3. The van der Waals surface area contributed by atoms with Crippen molar-refractivity contribution in [3.8, 4) is 0 Å². The molecule has 0 bridgehead atoms. The first-order chi connectivity index (χ1) is 7.87. The van der Waals surface area contributed by atoms with Crippen molar-refractivity contribution in [3.05, 3.63) is 0 Å². The standard InChI is InChI=1S/C13H27NO3/c1-5-8-14-11(12(15)16)6-9-17-10-7-13(2,3)4/h11,14H,5-10H2,1-4H3,(H,15,16). The lowest BCUT2D eigenvalue weighted by atomic mass is 9.93. The lowest BCUT2D eigenvalue weighted by molar-refractivity contribution is -0.140. The van der Waals surface area contributed by atoms with Gasteiger partial charge in [-0.1, -0.05) is 27.7 Å². The van der Waals surface area contributed by atoms with Gasteiger partial charge in [0.1, 0.15) is 6.04 Å². The highest BCUT2D eigenvalue weighted by atomic mass is 16.5. The minimum atomic E-state index is -0.794. The molecule has 1 atom stereocenters. The summed E-state index contributed by atoms with van der Waals surface area (Å²) in [5, 5.41) is 12.0. The summed E-state index contributed by atoms with van der Waals surface area (Å²) in [5.41, 5.74) is 0.270. The van der Waals surface area contributed by atoms with Crippen molar-refractivity contribution < 1.29 is 14.6 Å². The van der Waals surface area contributed by atoms with Gasteiger partial charge < -0.3 is 15.2 Å². The lowest BCUT2D eigenvalue weighted by Gasteiger charge is -2.18. The highest BCUT2D eigenvalue weighted by molar-refractivity contribution is 5.73. The zero-order chi connectivity index (χ0) is 13.3. The van der Waals surface area contributed by atoms with Crippen LogP contribution in [0.25, 0.3) is 0 Å². The van der Waals surface area contributed by atoms with Crippen molar-refractivity contribution >= 4 is 5.97 Å². The largest absolute Gasteiger partial charge is 0.480 e. The topological polar surface area (TPSA) is 58.6 Å². The Bertz CT molecular complexity index is 211. The van der Waals surface area contributed by atoms with Crippen LogP contribution in [0.1, 0.15) is 47.0 Å². The first kappa shape index (κ1) is 16.4. The molecule has 0 radical (unpaired) electrons. The molecule has 0 aromatic rings. The summed E-state index contributed by atoms with van der Waals surface area (Å²) in [6.45, 7) is 10.5. The molecule has 4 heteroatoms. The summed E-state index contributed by atoms with van der Waals surface area (Å²) < 4.78 is 5.47. The molecule has 0 saturated carbocycles. The second-order valence-electron chi connectivity index (χ2n) is 5.56. The van der Waals surface area contributed by atoms with Crippen molar-refractivity contribution in [2.45, 2.75) is 53.0 Å². The smallest absolute Gasteiger partial charge is 0.320 e. The van der Waals surface area contributed by atoms with Crippen LogP contribution in [0.15, 0.2) is 0 Å². The third-order valence-electron chi connectivity index (χ3n) is 2.49. The summed E-state index contributed by atoms with van der Waals surface area (Å²) in [7, 11) is 0. The second kappa shape index (κ2) is 8.48. The van der Waals surface area contributed by atoms with Crippen molar-refractivity contribution in [2.24, 2.45) is 5.41 Å². The number of rotatable bonds is 9. The van der Waals surface area contributed by atoms with Crippen molar-refractivity contribution in [2.75, 3.05) is 19.8 Å². The van der Waals surface area contributed by atoms with Crippen molar-refractivity contribution in [3.63, 3.8) is 0 Å². The monoisotopic (exact) mass is 245 g/mol. The van der Waals surface area contributed by atoms with E-state index >= 15 is 0 Å². The Morgan fingerprint density at radius 2 is 2.00 bits per heavy atom. The van der Waals surface area contributed by atoms with E-state index in [9.17, 15) is 4.79 Å². The zero-order valence-electron chi connectivity index (χ0n) is 11.6. The second-order valence-corrected chi connectivity index (χ2v) is 5.56. The van der Waals surface area contributed by atoms with Gasteiger partial charge in [-0.25, -0.2) is 0 Å². The molecule has 0 saturated heterocycles. The fourth-order valence-corrected chi connectivity index (χ4v) is 1.31. The van der Waals surface area contributed by atoms with E-state index in [1.54, 1.807) is 0 Å². The van der Waals surface area contributed by atoms with Crippen LogP contribution in [0.4, 0.5) is 0 Å². The van der Waals surface area contributed by atoms with Gasteiger partial charge in [-0.05, 0) is 31.2 Å².